The van der Waals surface area contributed by atoms with Crippen molar-refractivity contribution in [3.63, 3.8) is 0 Å². The summed E-state index contributed by atoms with van der Waals surface area (Å²) in [6, 6.07) is 7.33. The van der Waals surface area contributed by atoms with Gasteiger partial charge >= 0.3 is 0 Å². The number of anilines is 1. The first-order valence-electron chi connectivity index (χ1n) is 6.09. The van der Waals surface area contributed by atoms with E-state index < -0.39 is 0 Å². The Bertz CT molecular complexity index is 506. The van der Waals surface area contributed by atoms with Crippen LogP contribution in [0.5, 0.6) is 0 Å². The van der Waals surface area contributed by atoms with E-state index in [2.05, 4.69) is 11.8 Å². The lowest BCUT2D eigenvalue weighted by atomic mass is 9.99. The maximum atomic E-state index is 8.68. The smallest absolute Gasteiger partial charge is 0.196 e. The van der Waals surface area contributed by atoms with Crippen LogP contribution in [0.25, 0.3) is 6.08 Å². The summed E-state index contributed by atoms with van der Waals surface area (Å²) in [5.41, 5.74) is 0.0585. The first kappa shape index (κ1) is 12.3. The Morgan fingerprint density at radius 2 is 2.00 bits per heavy atom. The van der Waals surface area contributed by atoms with Gasteiger partial charge in [-0.25, -0.2) is 0 Å². The molecule has 4 heteroatoms. The molecule has 0 aromatic carbocycles. The second-order valence-electron chi connectivity index (χ2n) is 4.63. The molecule has 92 valence electrons. The van der Waals surface area contributed by atoms with Crippen LogP contribution >= 0.6 is 0 Å². The van der Waals surface area contributed by atoms with E-state index >= 15 is 0 Å². The average Bonchev–Trinajstić information content (AvgIpc) is 2.85. The molecule has 0 aliphatic carbocycles. The monoisotopic (exact) mass is 241 g/mol. The fourth-order valence-corrected chi connectivity index (χ4v) is 2.05. The lowest BCUT2D eigenvalue weighted by Crippen LogP contribution is -2.32. The van der Waals surface area contributed by atoms with Crippen LogP contribution in [-0.4, -0.2) is 13.1 Å². The van der Waals surface area contributed by atoms with Crippen molar-refractivity contribution in [1.82, 2.24) is 0 Å². The lowest BCUT2D eigenvalue weighted by Gasteiger charge is -2.29. The Balaban J connectivity index is 2.10. The topological polar surface area (TPSA) is 64.0 Å². The van der Waals surface area contributed by atoms with Crippen molar-refractivity contribution < 1.29 is 4.42 Å². The van der Waals surface area contributed by atoms with E-state index in [1.54, 1.807) is 6.07 Å². The van der Waals surface area contributed by atoms with E-state index in [1.165, 1.54) is 18.9 Å². The molecular formula is C14H15N3O. The number of hydrogen-bond donors (Lipinski definition) is 0. The van der Waals surface area contributed by atoms with Gasteiger partial charge in [0.05, 0.1) is 0 Å². The van der Waals surface area contributed by atoms with Gasteiger partial charge < -0.3 is 9.32 Å². The maximum Gasteiger partial charge on any atom is 0.196 e. The van der Waals surface area contributed by atoms with Crippen LogP contribution in [0, 0.1) is 28.6 Å². The van der Waals surface area contributed by atoms with Crippen molar-refractivity contribution in [1.29, 1.82) is 10.5 Å². The maximum absolute atomic E-state index is 8.68. The zero-order valence-corrected chi connectivity index (χ0v) is 10.4. The van der Waals surface area contributed by atoms with E-state index in [-0.39, 0.29) is 5.57 Å². The largest absolute Gasteiger partial charge is 0.441 e. The molecule has 1 aliphatic heterocycles. The predicted octanol–water partition coefficient (Wildman–Crippen LogP) is 2.95. The number of furan rings is 1. The molecule has 0 radical (unpaired) electrons. The van der Waals surface area contributed by atoms with Crippen molar-refractivity contribution in [3.8, 4) is 12.1 Å². The molecule has 1 fully saturated rings. The molecule has 0 bridgehead atoms. The van der Waals surface area contributed by atoms with Gasteiger partial charge in [0.1, 0.15) is 23.5 Å². The van der Waals surface area contributed by atoms with Crippen LogP contribution in [0.2, 0.25) is 0 Å². The highest BCUT2D eigenvalue weighted by Crippen LogP contribution is 2.25. The number of hydrogen-bond acceptors (Lipinski definition) is 4. The summed E-state index contributed by atoms with van der Waals surface area (Å²) >= 11 is 0. The Morgan fingerprint density at radius 1 is 1.33 bits per heavy atom. The van der Waals surface area contributed by atoms with Gasteiger partial charge in [0.2, 0.25) is 0 Å². The minimum Gasteiger partial charge on any atom is -0.441 e. The summed E-state index contributed by atoms with van der Waals surface area (Å²) in [4.78, 5) is 2.20. The molecule has 2 rings (SSSR count). The van der Waals surface area contributed by atoms with Gasteiger partial charge in [0, 0.05) is 25.2 Å². The van der Waals surface area contributed by atoms with Gasteiger partial charge in [-0.2, -0.15) is 10.5 Å². The Hall–Kier alpha value is -2.20. The highest BCUT2D eigenvalue weighted by atomic mass is 16.4. The zero-order chi connectivity index (χ0) is 13.0. The summed E-state index contributed by atoms with van der Waals surface area (Å²) in [6.07, 6.45) is 3.82. The highest BCUT2D eigenvalue weighted by molar-refractivity contribution is 5.60. The summed E-state index contributed by atoms with van der Waals surface area (Å²) in [5, 5.41) is 17.4. The molecule has 1 aromatic heterocycles. The minimum atomic E-state index is 0.0585. The van der Waals surface area contributed by atoms with E-state index in [0.717, 1.165) is 24.9 Å². The Morgan fingerprint density at radius 3 is 2.61 bits per heavy atom. The van der Waals surface area contributed by atoms with Gasteiger partial charge in [0.15, 0.2) is 5.88 Å². The third-order valence-electron chi connectivity index (χ3n) is 3.24. The molecule has 4 nitrogen and oxygen atoms in total. The van der Waals surface area contributed by atoms with Crippen molar-refractivity contribution >= 4 is 12.0 Å². The molecule has 0 spiro atoms. The minimum absolute atomic E-state index is 0.0585. The van der Waals surface area contributed by atoms with Gasteiger partial charge in [-0.1, -0.05) is 6.92 Å². The van der Waals surface area contributed by atoms with Crippen molar-refractivity contribution in [2.75, 3.05) is 18.0 Å². The summed E-state index contributed by atoms with van der Waals surface area (Å²) in [5.74, 6) is 2.16. The molecule has 0 saturated carbocycles. The highest BCUT2D eigenvalue weighted by Gasteiger charge is 2.18. The van der Waals surface area contributed by atoms with Gasteiger partial charge in [-0.05, 0) is 24.8 Å². The molecule has 0 unspecified atom stereocenters. The molecule has 1 saturated heterocycles. The zero-order valence-electron chi connectivity index (χ0n) is 10.4. The molecule has 2 heterocycles. The SMILES string of the molecule is CC1CCN(c2ccc(C=C(C#N)C#N)o2)CC1. The molecule has 1 aromatic rings. The second kappa shape index (κ2) is 5.42. The van der Waals surface area contributed by atoms with Crippen LogP contribution in [0.4, 0.5) is 5.88 Å². The van der Waals surface area contributed by atoms with Gasteiger partial charge in [-0.15, -0.1) is 0 Å². The number of nitriles is 2. The molecule has 18 heavy (non-hydrogen) atoms. The molecule has 0 N–H and O–H groups in total. The third kappa shape index (κ3) is 2.73. The van der Waals surface area contributed by atoms with E-state index in [0.29, 0.717) is 5.76 Å². The fourth-order valence-electron chi connectivity index (χ4n) is 2.05. The predicted molar refractivity (Wildman–Crippen MR) is 68.5 cm³/mol. The normalized spacial score (nSPS) is 15.8. The van der Waals surface area contributed by atoms with Crippen LogP contribution in [0.15, 0.2) is 22.1 Å². The van der Waals surface area contributed by atoms with Crippen molar-refractivity contribution in [2.24, 2.45) is 5.92 Å². The summed E-state index contributed by atoms with van der Waals surface area (Å²) < 4.78 is 5.64. The molecule has 0 amide bonds. The van der Waals surface area contributed by atoms with Crippen molar-refractivity contribution in [2.45, 2.75) is 19.8 Å². The standard InChI is InChI=1S/C14H15N3O/c1-11-4-6-17(7-5-11)14-3-2-13(18-14)8-12(9-15)10-16/h2-3,8,11H,4-7H2,1H3. The van der Waals surface area contributed by atoms with Crippen LogP contribution in [-0.2, 0) is 0 Å². The number of piperidine rings is 1. The van der Waals surface area contributed by atoms with E-state index in [9.17, 15) is 0 Å². The quantitative estimate of drug-likeness (QED) is 0.747. The van der Waals surface area contributed by atoms with Crippen LogP contribution < -0.4 is 4.90 Å². The van der Waals surface area contributed by atoms with Crippen LogP contribution in [0.3, 0.4) is 0 Å². The number of nitrogens with zero attached hydrogens (tertiary/aromatic N) is 3. The number of allylic oxidation sites excluding steroid dienone is 1. The summed E-state index contributed by atoms with van der Waals surface area (Å²) in [6.45, 7) is 4.27. The van der Waals surface area contributed by atoms with E-state index in [4.69, 9.17) is 14.9 Å². The summed E-state index contributed by atoms with van der Waals surface area (Å²) in [7, 11) is 0. The average molecular weight is 241 g/mol. The third-order valence-corrected chi connectivity index (χ3v) is 3.24. The first-order valence-corrected chi connectivity index (χ1v) is 6.09. The Labute approximate surface area is 107 Å². The first-order chi connectivity index (χ1) is 8.72. The van der Waals surface area contributed by atoms with Gasteiger partial charge in [-0.3, -0.25) is 0 Å². The molecule has 1 aliphatic rings. The molecular weight excluding hydrogens is 226 g/mol. The van der Waals surface area contributed by atoms with Gasteiger partial charge in [0.25, 0.3) is 0 Å². The van der Waals surface area contributed by atoms with E-state index in [1.807, 2.05) is 18.2 Å². The fraction of sp³-hybridized carbons (Fsp3) is 0.429. The molecule has 0 atom stereocenters. The lowest BCUT2D eigenvalue weighted by molar-refractivity contribution is 0.416. The number of rotatable bonds is 2. The second-order valence-corrected chi connectivity index (χ2v) is 4.63. The van der Waals surface area contributed by atoms with Crippen molar-refractivity contribution in [3.05, 3.63) is 23.5 Å². The van der Waals surface area contributed by atoms with Crippen LogP contribution in [0.1, 0.15) is 25.5 Å². The Kier molecular flexibility index (Phi) is 3.69.